The summed E-state index contributed by atoms with van der Waals surface area (Å²) in [4.78, 5) is 18.0. The molecule has 126 valence electrons. The van der Waals surface area contributed by atoms with Crippen molar-refractivity contribution in [2.24, 2.45) is 0 Å². The SMILES string of the molecule is Cc1c(C(=O)c2ccc(Cl)c(Cl)c2)sc2nc3cc(F)c(F)cc3n12. The first kappa shape index (κ1) is 16.4. The Morgan fingerprint density at radius 1 is 1.12 bits per heavy atom. The molecule has 0 bridgehead atoms. The Morgan fingerprint density at radius 2 is 1.84 bits per heavy atom. The number of benzene rings is 2. The number of fused-ring (bicyclic) bond motifs is 3. The number of halogens is 4. The second-order valence-corrected chi connectivity index (χ2v) is 7.25. The Kier molecular flexibility index (Phi) is 3.79. The molecule has 0 N–H and O–H groups in total. The molecular formula is C17H8Cl2F2N2OS. The number of ketones is 1. The summed E-state index contributed by atoms with van der Waals surface area (Å²) in [6, 6.07) is 6.77. The summed E-state index contributed by atoms with van der Waals surface area (Å²) < 4.78 is 28.6. The van der Waals surface area contributed by atoms with Gasteiger partial charge in [-0.25, -0.2) is 13.8 Å². The lowest BCUT2D eigenvalue weighted by molar-refractivity contribution is 0.104. The van der Waals surface area contributed by atoms with Crippen molar-refractivity contribution in [3.63, 3.8) is 0 Å². The molecule has 2 aromatic heterocycles. The van der Waals surface area contributed by atoms with Gasteiger partial charge in [-0.2, -0.15) is 0 Å². The number of aromatic nitrogens is 2. The summed E-state index contributed by atoms with van der Waals surface area (Å²) in [5.74, 6) is -2.15. The molecule has 0 saturated heterocycles. The first-order valence-electron chi connectivity index (χ1n) is 7.13. The number of aryl methyl sites for hydroxylation is 1. The summed E-state index contributed by atoms with van der Waals surface area (Å²) in [5, 5.41) is 0.647. The fourth-order valence-corrected chi connectivity index (χ4v) is 4.09. The van der Waals surface area contributed by atoms with E-state index in [1.807, 2.05) is 0 Å². The van der Waals surface area contributed by atoms with Crippen molar-refractivity contribution in [1.29, 1.82) is 0 Å². The predicted molar refractivity (Wildman–Crippen MR) is 95.1 cm³/mol. The highest BCUT2D eigenvalue weighted by atomic mass is 35.5. The number of hydrogen-bond donors (Lipinski definition) is 0. The van der Waals surface area contributed by atoms with Gasteiger partial charge in [-0.3, -0.25) is 9.20 Å². The van der Waals surface area contributed by atoms with Crippen LogP contribution in [0.5, 0.6) is 0 Å². The zero-order valence-corrected chi connectivity index (χ0v) is 14.9. The number of nitrogens with zero attached hydrogens (tertiary/aromatic N) is 2. The van der Waals surface area contributed by atoms with Crippen LogP contribution in [0.25, 0.3) is 16.0 Å². The van der Waals surface area contributed by atoms with Crippen LogP contribution in [0.3, 0.4) is 0 Å². The maximum absolute atomic E-state index is 13.6. The average Bonchev–Trinajstić information content (AvgIpc) is 3.07. The van der Waals surface area contributed by atoms with Crippen molar-refractivity contribution in [2.45, 2.75) is 6.92 Å². The van der Waals surface area contributed by atoms with E-state index in [0.29, 0.717) is 37.2 Å². The molecule has 0 unspecified atom stereocenters. The van der Waals surface area contributed by atoms with E-state index in [4.69, 9.17) is 23.2 Å². The maximum Gasteiger partial charge on any atom is 0.204 e. The van der Waals surface area contributed by atoms with Crippen molar-refractivity contribution < 1.29 is 13.6 Å². The highest BCUT2D eigenvalue weighted by molar-refractivity contribution is 7.19. The minimum Gasteiger partial charge on any atom is -0.288 e. The molecule has 25 heavy (non-hydrogen) atoms. The highest BCUT2D eigenvalue weighted by Gasteiger charge is 2.21. The fraction of sp³-hybridized carbons (Fsp3) is 0.0588. The Labute approximate surface area is 154 Å². The smallest absolute Gasteiger partial charge is 0.204 e. The summed E-state index contributed by atoms with van der Waals surface area (Å²) >= 11 is 13.0. The molecule has 0 aliphatic rings. The topological polar surface area (TPSA) is 34.4 Å². The molecule has 4 aromatic rings. The van der Waals surface area contributed by atoms with Crippen LogP contribution < -0.4 is 0 Å². The Morgan fingerprint density at radius 3 is 2.56 bits per heavy atom. The molecule has 0 spiro atoms. The maximum atomic E-state index is 13.6. The van der Waals surface area contributed by atoms with Crippen molar-refractivity contribution in [2.75, 3.05) is 0 Å². The van der Waals surface area contributed by atoms with Crippen LogP contribution in [0.1, 0.15) is 20.9 Å². The summed E-state index contributed by atoms with van der Waals surface area (Å²) in [6.45, 7) is 1.73. The van der Waals surface area contributed by atoms with Crippen LogP contribution in [0.4, 0.5) is 8.78 Å². The third kappa shape index (κ3) is 2.52. The molecule has 0 atom stereocenters. The van der Waals surface area contributed by atoms with E-state index < -0.39 is 11.6 Å². The van der Waals surface area contributed by atoms with Gasteiger partial charge in [-0.05, 0) is 25.1 Å². The summed E-state index contributed by atoms with van der Waals surface area (Å²) in [6.07, 6.45) is 0. The minimum atomic E-state index is -0.961. The summed E-state index contributed by atoms with van der Waals surface area (Å²) in [7, 11) is 0. The number of hydrogen-bond acceptors (Lipinski definition) is 3. The van der Waals surface area contributed by atoms with E-state index in [2.05, 4.69) is 4.98 Å². The fourth-order valence-electron chi connectivity index (χ4n) is 2.69. The van der Waals surface area contributed by atoms with E-state index in [-0.39, 0.29) is 10.8 Å². The molecule has 0 aliphatic carbocycles. The second kappa shape index (κ2) is 5.76. The predicted octanol–water partition coefficient (Wildman–Crippen LogP) is 5.67. The Balaban J connectivity index is 1.91. The van der Waals surface area contributed by atoms with Gasteiger partial charge in [0.15, 0.2) is 16.6 Å². The van der Waals surface area contributed by atoms with Crippen LogP contribution in [-0.4, -0.2) is 15.2 Å². The molecule has 2 heterocycles. The molecule has 2 aromatic carbocycles. The molecule has 8 heteroatoms. The monoisotopic (exact) mass is 396 g/mol. The van der Waals surface area contributed by atoms with Gasteiger partial charge in [0.05, 0.1) is 26.0 Å². The van der Waals surface area contributed by atoms with Gasteiger partial charge in [-0.1, -0.05) is 34.5 Å². The van der Waals surface area contributed by atoms with E-state index in [0.717, 1.165) is 23.5 Å². The Hall–Kier alpha value is -2.02. The lowest BCUT2D eigenvalue weighted by Gasteiger charge is -2.03. The van der Waals surface area contributed by atoms with E-state index in [1.165, 1.54) is 6.07 Å². The minimum absolute atomic E-state index is 0.234. The molecule has 0 aliphatic heterocycles. The number of rotatable bonds is 2. The van der Waals surface area contributed by atoms with Crippen LogP contribution >= 0.6 is 34.5 Å². The van der Waals surface area contributed by atoms with Crippen molar-refractivity contribution in [3.05, 3.63) is 68.1 Å². The zero-order valence-electron chi connectivity index (χ0n) is 12.6. The lowest BCUT2D eigenvalue weighted by Crippen LogP contribution is -2.02. The van der Waals surface area contributed by atoms with Gasteiger partial charge in [0, 0.05) is 23.4 Å². The average molecular weight is 397 g/mol. The van der Waals surface area contributed by atoms with Gasteiger partial charge in [0.25, 0.3) is 0 Å². The molecule has 0 saturated carbocycles. The normalized spacial score (nSPS) is 11.6. The number of carbonyl (C=O) groups is 1. The van der Waals surface area contributed by atoms with Gasteiger partial charge in [0.1, 0.15) is 0 Å². The van der Waals surface area contributed by atoms with Crippen molar-refractivity contribution in [1.82, 2.24) is 9.38 Å². The van der Waals surface area contributed by atoms with Crippen LogP contribution in [0.2, 0.25) is 10.0 Å². The number of carbonyl (C=O) groups excluding carboxylic acids is 1. The van der Waals surface area contributed by atoms with Gasteiger partial charge < -0.3 is 0 Å². The lowest BCUT2D eigenvalue weighted by atomic mass is 10.1. The number of imidazole rings is 1. The number of thiazole rings is 1. The third-order valence-corrected chi connectivity index (χ3v) is 5.79. The first-order chi connectivity index (χ1) is 11.9. The van der Waals surface area contributed by atoms with Crippen molar-refractivity contribution in [3.8, 4) is 0 Å². The molecular weight excluding hydrogens is 389 g/mol. The van der Waals surface area contributed by atoms with Crippen LogP contribution in [0.15, 0.2) is 30.3 Å². The summed E-state index contributed by atoms with van der Waals surface area (Å²) in [5.41, 5.74) is 1.74. The largest absolute Gasteiger partial charge is 0.288 e. The van der Waals surface area contributed by atoms with Crippen LogP contribution in [0, 0.1) is 18.6 Å². The van der Waals surface area contributed by atoms with Gasteiger partial charge in [-0.15, -0.1) is 0 Å². The molecule has 0 amide bonds. The second-order valence-electron chi connectivity index (χ2n) is 5.46. The first-order valence-corrected chi connectivity index (χ1v) is 8.70. The standard InChI is InChI=1S/C17H8Cl2F2N2OS/c1-7-16(15(24)8-2-3-9(18)10(19)4-8)25-17-22-13-5-11(20)12(21)6-14(13)23(7)17/h2-6H,1H3. The highest BCUT2D eigenvalue weighted by Crippen LogP contribution is 2.31. The molecule has 0 fully saturated rings. The molecule has 4 rings (SSSR count). The quantitative estimate of drug-likeness (QED) is 0.408. The molecule has 3 nitrogen and oxygen atoms in total. The zero-order chi connectivity index (χ0) is 17.9. The van der Waals surface area contributed by atoms with E-state index >= 15 is 0 Å². The van der Waals surface area contributed by atoms with Crippen LogP contribution in [-0.2, 0) is 0 Å². The van der Waals surface area contributed by atoms with Gasteiger partial charge >= 0.3 is 0 Å². The van der Waals surface area contributed by atoms with Gasteiger partial charge in [0.2, 0.25) is 5.78 Å². The Bertz CT molecular complexity index is 1180. The van der Waals surface area contributed by atoms with E-state index in [1.54, 1.807) is 23.5 Å². The third-order valence-electron chi connectivity index (χ3n) is 3.91. The molecule has 0 radical (unpaired) electrons. The van der Waals surface area contributed by atoms with E-state index in [9.17, 15) is 13.6 Å². The van der Waals surface area contributed by atoms with Crippen molar-refractivity contribution >= 4 is 56.3 Å².